The van der Waals surface area contributed by atoms with E-state index in [2.05, 4.69) is 15.2 Å². The molecule has 0 radical (unpaired) electrons. The Morgan fingerprint density at radius 1 is 1.25 bits per heavy atom. The van der Waals surface area contributed by atoms with Crippen molar-refractivity contribution in [1.82, 2.24) is 15.2 Å². The van der Waals surface area contributed by atoms with E-state index >= 15 is 0 Å². The zero-order valence-electron chi connectivity index (χ0n) is 8.27. The molecule has 0 fully saturated rings. The Hall–Kier alpha value is -1.81. The highest BCUT2D eigenvalue weighted by Gasteiger charge is 2.12. The summed E-state index contributed by atoms with van der Waals surface area (Å²) < 4.78 is 5.41. The Labute approximate surface area is 96.2 Å². The van der Waals surface area contributed by atoms with Crippen LogP contribution in [-0.4, -0.2) is 15.2 Å². The second-order valence-electron chi connectivity index (χ2n) is 3.38. The maximum absolute atomic E-state index is 5.62. The number of nitrogens with zero attached hydrogens (tertiary/aromatic N) is 2. The lowest BCUT2D eigenvalue weighted by molar-refractivity contribution is 0.528. The van der Waals surface area contributed by atoms with Gasteiger partial charge >= 0.3 is 0 Å². The van der Waals surface area contributed by atoms with E-state index < -0.39 is 0 Å². The average molecular weight is 234 g/mol. The summed E-state index contributed by atoms with van der Waals surface area (Å²) in [6.45, 7) is 0. The topological polar surface area (TPSA) is 54.7 Å². The smallest absolute Gasteiger partial charge is 0.249 e. The molecule has 0 bridgehead atoms. The summed E-state index contributed by atoms with van der Waals surface area (Å²) in [4.78, 5) is 3.15. The van der Waals surface area contributed by atoms with Crippen molar-refractivity contribution in [1.29, 1.82) is 0 Å². The van der Waals surface area contributed by atoms with Gasteiger partial charge < -0.3 is 9.40 Å². The molecule has 80 valence electrons. The van der Waals surface area contributed by atoms with E-state index in [0.29, 0.717) is 11.8 Å². The Morgan fingerprint density at radius 2 is 2.12 bits per heavy atom. The molecule has 4 nitrogen and oxygen atoms in total. The summed E-state index contributed by atoms with van der Waals surface area (Å²) in [6.07, 6.45) is 1.86. The summed E-state index contributed by atoms with van der Waals surface area (Å²) in [5.41, 5.74) is 1.95. The highest BCUT2D eigenvalue weighted by atomic mass is 35.5. The van der Waals surface area contributed by atoms with Gasteiger partial charge in [0.05, 0.1) is 5.56 Å². The first kappa shape index (κ1) is 9.42. The third kappa shape index (κ3) is 1.39. The van der Waals surface area contributed by atoms with Crippen molar-refractivity contribution in [2.24, 2.45) is 0 Å². The molecular formula is C11H8ClN3O. The zero-order valence-corrected chi connectivity index (χ0v) is 9.03. The minimum atomic E-state index is 0.232. The lowest BCUT2D eigenvalue weighted by Crippen LogP contribution is -1.75. The number of aromatic nitrogens is 3. The molecule has 0 aliphatic heterocycles. The Bertz CT molecular complexity index is 629. The predicted molar refractivity (Wildman–Crippen MR) is 61.1 cm³/mol. The fourth-order valence-electron chi connectivity index (χ4n) is 1.66. The van der Waals surface area contributed by atoms with Gasteiger partial charge in [-0.15, -0.1) is 21.8 Å². The molecule has 1 N–H and O–H groups in total. The fourth-order valence-corrected chi connectivity index (χ4v) is 1.77. The van der Waals surface area contributed by atoms with Gasteiger partial charge in [0.2, 0.25) is 11.8 Å². The van der Waals surface area contributed by atoms with Gasteiger partial charge in [-0.3, -0.25) is 0 Å². The molecule has 16 heavy (non-hydrogen) atoms. The van der Waals surface area contributed by atoms with Crippen molar-refractivity contribution < 1.29 is 4.42 Å². The number of benzene rings is 1. The molecule has 2 heterocycles. The minimum Gasteiger partial charge on any atom is -0.419 e. The number of fused-ring (bicyclic) bond motifs is 1. The van der Waals surface area contributed by atoms with Crippen molar-refractivity contribution in [3.05, 3.63) is 36.4 Å². The Balaban J connectivity index is 2.18. The minimum absolute atomic E-state index is 0.232. The van der Waals surface area contributed by atoms with E-state index in [1.807, 2.05) is 30.5 Å². The maximum atomic E-state index is 5.62. The number of halogens is 1. The summed E-state index contributed by atoms with van der Waals surface area (Å²) in [5, 5.41) is 8.86. The highest BCUT2D eigenvalue weighted by molar-refractivity contribution is 6.16. The molecule has 0 saturated carbocycles. The van der Waals surface area contributed by atoms with Gasteiger partial charge in [0.15, 0.2) is 0 Å². The third-order valence-corrected chi connectivity index (χ3v) is 2.63. The van der Waals surface area contributed by atoms with Gasteiger partial charge in [-0.1, -0.05) is 18.2 Å². The lowest BCUT2D eigenvalue weighted by atomic mass is 10.2. The first-order valence-corrected chi connectivity index (χ1v) is 5.37. The van der Waals surface area contributed by atoms with Crippen LogP contribution in [0, 0.1) is 0 Å². The van der Waals surface area contributed by atoms with Crippen LogP contribution in [0.5, 0.6) is 0 Å². The lowest BCUT2D eigenvalue weighted by Gasteiger charge is -1.91. The van der Waals surface area contributed by atoms with Crippen molar-refractivity contribution in [2.45, 2.75) is 5.88 Å². The molecule has 0 aliphatic carbocycles. The monoisotopic (exact) mass is 233 g/mol. The Morgan fingerprint density at radius 3 is 2.94 bits per heavy atom. The van der Waals surface area contributed by atoms with Gasteiger partial charge in [0.1, 0.15) is 5.88 Å². The van der Waals surface area contributed by atoms with Crippen LogP contribution in [0.25, 0.3) is 22.4 Å². The molecule has 1 aromatic carbocycles. The largest absolute Gasteiger partial charge is 0.419 e. The summed E-state index contributed by atoms with van der Waals surface area (Å²) in [7, 11) is 0. The standard InChI is InChI=1S/C11H8ClN3O/c12-5-10-14-15-11(16-10)8-6-13-9-4-2-1-3-7(8)9/h1-4,6,13H,5H2. The maximum Gasteiger partial charge on any atom is 0.249 e. The number of para-hydroxylation sites is 1. The second kappa shape index (κ2) is 3.64. The molecule has 0 saturated heterocycles. The number of alkyl halides is 1. The highest BCUT2D eigenvalue weighted by Crippen LogP contribution is 2.27. The predicted octanol–water partition coefficient (Wildman–Crippen LogP) is 2.96. The Kier molecular flexibility index (Phi) is 2.15. The van der Waals surface area contributed by atoms with Crippen LogP contribution in [0.1, 0.15) is 5.89 Å². The fraction of sp³-hybridized carbons (Fsp3) is 0.0909. The van der Waals surface area contributed by atoms with Crippen LogP contribution in [0.2, 0.25) is 0 Å². The van der Waals surface area contributed by atoms with Gasteiger partial charge in [-0.05, 0) is 6.07 Å². The SMILES string of the molecule is ClCc1nnc(-c2c[nH]c3ccccc23)o1. The zero-order chi connectivity index (χ0) is 11.0. The van der Waals surface area contributed by atoms with Crippen molar-refractivity contribution >= 4 is 22.5 Å². The summed E-state index contributed by atoms with van der Waals surface area (Å²) in [5.74, 6) is 1.16. The number of hydrogen-bond acceptors (Lipinski definition) is 3. The third-order valence-electron chi connectivity index (χ3n) is 2.40. The number of hydrogen-bond donors (Lipinski definition) is 1. The van der Waals surface area contributed by atoms with Crippen molar-refractivity contribution in [2.75, 3.05) is 0 Å². The van der Waals surface area contributed by atoms with Crippen LogP contribution in [0.15, 0.2) is 34.9 Å². The van der Waals surface area contributed by atoms with Crippen LogP contribution in [0.3, 0.4) is 0 Å². The molecular weight excluding hydrogens is 226 g/mol. The first-order chi connectivity index (χ1) is 7.88. The van der Waals surface area contributed by atoms with E-state index in [4.69, 9.17) is 16.0 Å². The van der Waals surface area contributed by atoms with E-state index in [1.165, 1.54) is 0 Å². The average Bonchev–Trinajstić information content (AvgIpc) is 2.94. The normalized spacial score (nSPS) is 11.1. The van der Waals surface area contributed by atoms with Crippen LogP contribution in [-0.2, 0) is 5.88 Å². The molecule has 3 rings (SSSR count). The second-order valence-corrected chi connectivity index (χ2v) is 3.65. The first-order valence-electron chi connectivity index (χ1n) is 4.83. The van der Waals surface area contributed by atoms with E-state index in [0.717, 1.165) is 16.5 Å². The number of rotatable bonds is 2. The van der Waals surface area contributed by atoms with Crippen molar-refractivity contribution in [3.63, 3.8) is 0 Å². The van der Waals surface area contributed by atoms with Gasteiger partial charge in [-0.25, -0.2) is 0 Å². The van der Waals surface area contributed by atoms with E-state index in [-0.39, 0.29) is 5.88 Å². The van der Waals surface area contributed by atoms with Crippen molar-refractivity contribution in [3.8, 4) is 11.5 Å². The van der Waals surface area contributed by atoms with Gasteiger partial charge in [0.25, 0.3) is 0 Å². The van der Waals surface area contributed by atoms with Crippen LogP contribution in [0.4, 0.5) is 0 Å². The van der Waals surface area contributed by atoms with E-state index in [9.17, 15) is 0 Å². The molecule has 2 aromatic heterocycles. The van der Waals surface area contributed by atoms with Gasteiger partial charge in [-0.2, -0.15) is 0 Å². The van der Waals surface area contributed by atoms with Crippen LogP contribution < -0.4 is 0 Å². The molecule has 0 aliphatic rings. The number of nitrogens with one attached hydrogen (secondary N) is 1. The molecule has 0 amide bonds. The number of aromatic amines is 1. The molecule has 0 atom stereocenters. The van der Waals surface area contributed by atoms with Gasteiger partial charge in [0, 0.05) is 17.1 Å². The molecule has 0 spiro atoms. The molecule has 3 aromatic rings. The quantitative estimate of drug-likeness (QED) is 0.693. The van der Waals surface area contributed by atoms with E-state index in [1.54, 1.807) is 0 Å². The summed E-state index contributed by atoms with van der Waals surface area (Å²) >= 11 is 5.62. The summed E-state index contributed by atoms with van der Waals surface area (Å²) in [6, 6.07) is 7.95. The number of H-pyrrole nitrogens is 1. The molecule has 0 unspecified atom stereocenters. The van der Waals surface area contributed by atoms with Crippen LogP contribution >= 0.6 is 11.6 Å². The molecule has 5 heteroatoms.